The third-order valence-corrected chi connectivity index (χ3v) is 3.17. The van der Waals surface area contributed by atoms with Crippen LogP contribution in [0.15, 0.2) is 109 Å². The van der Waals surface area contributed by atoms with Crippen LogP contribution in [0.3, 0.4) is 0 Å². The summed E-state index contributed by atoms with van der Waals surface area (Å²) in [7, 11) is 0. The molecule has 0 aromatic heterocycles. The van der Waals surface area contributed by atoms with Crippen molar-refractivity contribution in [1.29, 1.82) is 0 Å². The minimum absolute atomic E-state index is 0.451. The highest BCUT2D eigenvalue weighted by Gasteiger charge is 2.20. The summed E-state index contributed by atoms with van der Waals surface area (Å²) in [6.45, 7) is 0. The molecule has 1 N–H and O–H groups in total. The zero-order chi connectivity index (χ0) is 17.7. The van der Waals surface area contributed by atoms with Gasteiger partial charge in [0.2, 0.25) is 6.29 Å². The first-order valence-electron chi connectivity index (χ1n) is 7.92. The van der Waals surface area contributed by atoms with Gasteiger partial charge >= 0.3 is 5.97 Å². The molecule has 1 aromatic carbocycles. The summed E-state index contributed by atoms with van der Waals surface area (Å²) >= 11 is 0. The van der Waals surface area contributed by atoms with Crippen LogP contribution < -0.4 is 0 Å². The van der Waals surface area contributed by atoms with Crippen LogP contribution in [-0.4, -0.2) is 17.4 Å². The van der Waals surface area contributed by atoms with Gasteiger partial charge in [-0.2, -0.15) is 0 Å². The monoisotopic (exact) mass is 332 g/mol. The Labute approximate surface area is 148 Å². The predicted molar refractivity (Wildman–Crippen MR) is 101 cm³/mol. The molecule has 1 atom stereocenters. The summed E-state index contributed by atoms with van der Waals surface area (Å²) in [6, 6.07) is 10.1. The Bertz CT molecular complexity index is 760. The van der Waals surface area contributed by atoms with Gasteiger partial charge in [0.1, 0.15) is 0 Å². The normalized spacial score (nSPS) is 18.7. The van der Waals surface area contributed by atoms with Gasteiger partial charge in [-0.25, -0.2) is 4.79 Å². The van der Waals surface area contributed by atoms with E-state index in [9.17, 15) is 9.90 Å². The lowest BCUT2D eigenvalue weighted by Gasteiger charge is -2.01. The number of allylic oxidation sites excluding steroid dienone is 10. The van der Waals surface area contributed by atoms with E-state index in [4.69, 9.17) is 0 Å². The van der Waals surface area contributed by atoms with Crippen molar-refractivity contribution in [3.8, 4) is 0 Å². The number of aliphatic hydroxyl groups is 1. The maximum atomic E-state index is 10.9. The second-order valence-electron chi connectivity index (χ2n) is 5.10. The van der Waals surface area contributed by atoms with E-state index >= 15 is 0 Å². The summed E-state index contributed by atoms with van der Waals surface area (Å²) in [5.74, 6) is -0.521. The van der Waals surface area contributed by atoms with Crippen molar-refractivity contribution in [1.82, 2.24) is 0 Å². The number of rotatable bonds is 7. The van der Waals surface area contributed by atoms with Crippen LogP contribution in [0.25, 0.3) is 6.08 Å². The van der Waals surface area contributed by atoms with Crippen molar-refractivity contribution in [3.05, 3.63) is 114 Å². The molecule has 0 spiro atoms. The summed E-state index contributed by atoms with van der Waals surface area (Å²) in [5.41, 5.74) is 1.62. The largest absolute Gasteiger partial charge is 0.428 e. The predicted octanol–water partition coefficient (Wildman–Crippen LogP) is 4.28. The Hall–Kier alpha value is -3.17. The SMILES string of the molecule is O=C1C=C(C=CC=CC=CC=CC=CC=Cc2ccccc2)C(O)O1. The average molecular weight is 332 g/mol. The molecule has 0 bridgehead atoms. The fourth-order valence-electron chi connectivity index (χ4n) is 1.96. The first-order valence-corrected chi connectivity index (χ1v) is 7.92. The molecule has 1 unspecified atom stereocenters. The third-order valence-electron chi connectivity index (χ3n) is 3.17. The molecule has 1 aliphatic heterocycles. The number of hydrogen-bond donors (Lipinski definition) is 1. The van der Waals surface area contributed by atoms with Gasteiger partial charge in [0.25, 0.3) is 0 Å². The van der Waals surface area contributed by atoms with E-state index in [0.717, 1.165) is 0 Å². The van der Waals surface area contributed by atoms with Crippen LogP contribution in [-0.2, 0) is 9.53 Å². The van der Waals surface area contributed by atoms with E-state index in [1.807, 2.05) is 72.9 Å². The first kappa shape index (κ1) is 18.2. The van der Waals surface area contributed by atoms with Crippen molar-refractivity contribution in [2.24, 2.45) is 0 Å². The molecular weight excluding hydrogens is 312 g/mol. The van der Waals surface area contributed by atoms with Gasteiger partial charge < -0.3 is 9.84 Å². The van der Waals surface area contributed by atoms with E-state index < -0.39 is 12.3 Å². The van der Waals surface area contributed by atoms with E-state index in [0.29, 0.717) is 5.57 Å². The van der Waals surface area contributed by atoms with E-state index in [2.05, 4.69) is 16.9 Å². The van der Waals surface area contributed by atoms with Crippen LogP contribution >= 0.6 is 0 Å². The average Bonchev–Trinajstić information content (AvgIpc) is 2.94. The highest BCUT2D eigenvalue weighted by molar-refractivity contribution is 5.86. The third kappa shape index (κ3) is 7.29. The maximum absolute atomic E-state index is 10.9. The topological polar surface area (TPSA) is 46.5 Å². The molecule has 0 saturated carbocycles. The van der Waals surface area contributed by atoms with Crippen LogP contribution in [0.5, 0.6) is 0 Å². The van der Waals surface area contributed by atoms with Gasteiger partial charge in [0.05, 0.1) is 0 Å². The van der Waals surface area contributed by atoms with Crippen molar-refractivity contribution in [2.75, 3.05) is 0 Å². The Morgan fingerprint density at radius 3 is 1.80 bits per heavy atom. The molecule has 3 nitrogen and oxygen atoms in total. The molecule has 0 radical (unpaired) electrons. The number of cyclic esters (lactones) is 1. The van der Waals surface area contributed by atoms with Crippen LogP contribution in [0.4, 0.5) is 0 Å². The minimum atomic E-state index is -1.15. The second kappa shape index (κ2) is 10.6. The fraction of sp³-hybridized carbons (Fsp3) is 0.0455. The molecule has 0 saturated heterocycles. The van der Waals surface area contributed by atoms with E-state index in [1.165, 1.54) is 11.6 Å². The Kier molecular flexibility index (Phi) is 7.69. The van der Waals surface area contributed by atoms with Crippen molar-refractivity contribution in [3.63, 3.8) is 0 Å². The van der Waals surface area contributed by atoms with Gasteiger partial charge in [-0.1, -0.05) is 103 Å². The summed E-state index contributed by atoms with van der Waals surface area (Å²) in [6.07, 6.45) is 22.8. The Morgan fingerprint density at radius 1 is 0.760 bits per heavy atom. The summed E-state index contributed by atoms with van der Waals surface area (Å²) in [5, 5.41) is 9.36. The zero-order valence-corrected chi connectivity index (χ0v) is 13.7. The molecule has 0 amide bonds. The molecule has 126 valence electrons. The molecule has 0 aliphatic carbocycles. The second-order valence-corrected chi connectivity index (χ2v) is 5.10. The van der Waals surface area contributed by atoms with Gasteiger partial charge in [-0.15, -0.1) is 0 Å². The van der Waals surface area contributed by atoms with Gasteiger partial charge in [0.15, 0.2) is 0 Å². The standard InChI is InChI=1S/C22H20O3/c23-21-18-20(22(24)25-21)17-13-8-6-4-2-1-3-5-7-10-14-19-15-11-9-12-16-19/h1-18,22,24H. The lowest BCUT2D eigenvalue weighted by atomic mass is 10.2. The number of carbonyl (C=O) groups excluding carboxylic acids is 1. The highest BCUT2D eigenvalue weighted by Crippen LogP contribution is 2.13. The molecule has 25 heavy (non-hydrogen) atoms. The van der Waals surface area contributed by atoms with Crippen molar-refractivity contribution < 1.29 is 14.6 Å². The van der Waals surface area contributed by atoms with Gasteiger partial charge in [-0.05, 0) is 5.56 Å². The summed E-state index contributed by atoms with van der Waals surface area (Å²) in [4.78, 5) is 10.9. The quantitative estimate of drug-likeness (QED) is 0.599. The molecule has 0 fully saturated rings. The van der Waals surface area contributed by atoms with Crippen molar-refractivity contribution in [2.45, 2.75) is 6.29 Å². The molecular formula is C22H20O3. The number of aliphatic hydroxyl groups excluding tert-OH is 1. The molecule has 1 aliphatic rings. The number of carbonyl (C=O) groups is 1. The smallest absolute Gasteiger partial charge is 0.333 e. The molecule has 3 heteroatoms. The maximum Gasteiger partial charge on any atom is 0.333 e. The lowest BCUT2D eigenvalue weighted by Crippen LogP contribution is -2.08. The summed E-state index contributed by atoms with van der Waals surface area (Å²) < 4.78 is 4.56. The van der Waals surface area contributed by atoms with Crippen LogP contribution in [0, 0.1) is 0 Å². The first-order chi connectivity index (χ1) is 12.3. The van der Waals surface area contributed by atoms with Gasteiger partial charge in [0, 0.05) is 11.6 Å². The fourth-order valence-corrected chi connectivity index (χ4v) is 1.96. The molecule has 2 rings (SSSR count). The van der Waals surface area contributed by atoms with Crippen LogP contribution in [0.1, 0.15) is 5.56 Å². The number of esters is 1. The zero-order valence-electron chi connectivity index (χ0n) is 13.7. The van der Waals surface area contributed by atoms with E-state index in [1.54, 1.807) is 18.2 Å². The van der Waals surface area contributed by atoms with E-state index in [-0.39, 0.29) is 0 Å². The van der Waals surface area contributed by atoms with Crippen molar-refractivity contribution >= 4 is 12.0 Å². The Morgan fingerprint density at radius 2 is 1.28 bits per heavy atom. The number of hydrogen-bond acceptors (Lipinski definition) is 3. The van der Waals surface area contributed by atoms with Gasteiger partial charge in [-0.3, -0.25) is 0 Å². The highest BCUT2D eigenvalue weighted by atomic mass is 16.6. The Balaban J connectivity index is 1.67. The number of ether oxygens (including phenoxy) is 1. The minimum Gasteiger partial charge on any atom is -0.428 e. The molecule has 1 heterocycles. The number of benzene rings is 1. The van der Waals surface area contributed by atoms with Crippen LogP contribution in [0.2, 0.25) is 0 Å². The lowest BCUT2D eigenvalue weighted by molar-refractivity contribution is -0.150. The molecule has 1 aromatic rings.